The van der Waals surface area contributed by atoms with Gasteiger partial charge in [0.2, 0.25) is 17.8 Å². The maximum absolute atomic E-state index is 13.1. The van der Waals surface area contributed by atoms with E-state index in [4.69, 9.17) is 9.97 Å². The fraction of sp³-hybridized carbons (Fsp3) is 0.304. The Morgan fingerprint density at radius 3 is 2.79 bits per heavy atom. The minimum absolute atomic E-state index is 0.0513. The van der Waals surface area contributed by atoms with E-state index in [9.17, 15) is 4.79 Å². The first kappa shape index (κ1) is 20.2. The summed E-state index contributed by atoms with van der Waals surface area (Å²) in [5.41, 5.74) is 2.68. The van der Waals surface area contributed by atoms with E-state index in [1.165, 1.54) is 12.8 Å². The van der Waals surface area contributed by atoms with Crippen LogP contribution < -0.4 is 15.5 Å². The summed E-state index contributed by atoms with van der Waals surface area (Å²) in [4.78, 5) is 24.6. The van der Waals surface area contributed by atoms with Gasteiger partial charge >= 0.3 is 0 Å². The lowest BCUT2D eigenvalue weighted by molar-refractivity contribution is -0.117. The average Bonchev–Trinajstić information content (AvgIpc) is 3.20. The predicted molar refractivity (Wildman–Crippen MR) is 130 cm³/mol. The van der Waals surface area contributed by atoms with Gasteiger partial charge in [0.15, 0.2) is 5.82 Å². The number of aromatic nitrogens is 5. The van der Waals surface area contributed by atoms with Crippen molar-refractivity contribution in [2.24, 2.45) is 0 Å². The SMILES string of the molecule is O=C(Nc1ccc(Br)cc1)[C@@H]1CCCN1c1nc(Nc2cc(C3CC3)[nH]n2)n2cccc2n1. The van der Waals surface area contributed by atoms with Crippen LogP contribution in [0, 0.1) is 0 Å². The number of halogens is 1. The first-order valence-electron chi connectivity index (χ1n) is 11.1. The zero-order chi connectivity index (χ0) is 22.4. The van der Waals surface area contributed by atoms with E-state index in [2.05, 4.69) is 36.8 Å². The number of H-pyrrole nitrogens is 1. The predicted octanol–water partition coefficient (Wildman–Crippen LogP) is 4.44. The van der Waals surface area contributed by atoms with Crippen molar-refractivity contribution in [3.05, 3.63) is 58.8 Å². The number of carbonyl (C=O) groups is 1. The van der Waals surface area contributed by atoms with E-state index in [1.54, 1.807) is 0 Å². The highest BCUT2D eigenvalue weighted by Gasteiger charge is 2.33. The lowest BCUT2D eigenvalue weighted by atomic mass is 10.2. The molecule has 0 spiro atoms. The van der Waals surface area contributed by atoms with Crippen molar-refractivity contribution < 1.29 is 4.79 Å². The van der Waals surface area contributed by atoms with Crippen molar-refractivity contribution >= 4 is 50.9 Å². The number of nitrogens with zero attached hydrogens (tertiary/aromatic N) is 5. The smallest absolute Gasteiger partial charge is 0.247 e. The Hall–Kier alpha value is -3.40. The normalized spacial score (nSPS) is 18.1. The van der Waals surface area contributed by atoms with Crippen LogP contribution in [0.25, 0.3) is 5.65 Å². The Kier molecular flexibility index (Phi) is 5.01. The van der Waals surface area contributed by atoms with Gasteiger partial charge in [-0.15, -0.1) is 0 Å². The molecule has 1 amide bonds. The van der Waals surface area contributed by atoms with Crippen LogP contribution in [0.2, 0.25) is 0 Å². The van der Waals surface area contributed by atoms with Crippen LogP contribution in [0.4, 0.5) is 23.4 Å². The second-order valence-electron chi connectivity index (χ2n) is 8.54. The Morgan fingerprint density at radius 2 is 1.97 bits per heavy atom. The molecule has 1 aliphatic carbocycles. The van der Waals surface area contributed by atoms with E-state index < -0.39 is 0 Å². The largest absolute Gasteiger partial charge is 0.329 e. The summed E-state index contributed by atoms with van der Waals surface area (Å²) in [6.07, 6.45) is 5.99. The fourth-order valence-electron chi connectivity index (χ4n) is 4.29. The van der Waals surface area contributed by atoms with Crippen LogP contribution in [-0.2, 0) is 4.79 Å². The van der Waals surface area contributed by atoms with Gasteiger partial charge in [0.25, 0.3) is 0 Å². The number of fused-ring (bicyclic) bond motifs is 1. The molecule has 33 heavy (non-hydrogen) atoms. The molecule has 0 bridgehead atoms. The number of anilines is 4. The topological polar surface area (TPSA) is 103 Å². The molecule has 1 saturated heterocycles. The van der Waals surface area contributed by atoms with Crippen LogP contribution in [0.5, 0.6) is 0 Å². The summed E-state index contributed by atoms with van der Waals surface area (Å²) >= 11 is 3.42. The Bertz CT molecular complexity index is 1310. The van der Waals surface area contributed by atoms with Gasteiger partial charge in [0.1, 0.15) is 11.7 Å². The van der Waals surface area contributed by atoms with Crippen LogP contribution in [0.1, 0.15) is 37.3 Å². The molecule has 0 unspecified atom stereocenters. The third-order valence-corrected chi connectivity index (χ3v) is 6.68. The lowest BCUT2D eigenvalue weighted by Crippen LogP contribution is -2.40. The molecule has 1 aliphatic heterocycles. The molecule has 2 aliphatic rings. The Morgan fingerprint density at radius 1 is 1.12 bits per heavy atom. The summed E-state index contributed by atoms with van der Waals surface area (Å²) in [6.45, 7) is 0.725. The molecule has 3 aromatic heterocycles. The zero-order valence-electron chi connectivity index (χ0n) is 17.8. The molecule has 2 fully saturated rings. The molecular weight excluding hydrogens is 484 g/mol. The number of hydrogen-bond acceptors (Lipinski definition) is 6. The highest BCUT2D eigenvalue weighted by Crippen LogP contribution is 2.39. The second-order valence-corrected chi connectivity index (χ2v) is 9.45. The first-order chi connectivity index (χ1) is 16.1. The molecule has 9 nitrogen and oxygen atoms in total. The Balaban J connectivity index is 1.27. The third kappa shape index (κ3) is 4.06. The summed E-state index contributed by atoms with van der Waals surface area (Å²) < 4.78 is 2.86. The highest BCUT2D eigenvalue weighted by atomic mass is 79.9. The molecule has 3 N–H and O–H groups in total. The van der Waals surface area contributed by atoms with E-state index in [-0.39, 0.29) is 11.9 Å². The van der Waals surface area contributed by atoms with Crippen LogP contribution in [0.15, 0.2) is 53.1 Å². The van der Waals surface area contributed by atoms with Crippen molar-refractivity contribution in [2.45, 2.75) is 37.6 Å². The maximum atomic E-state index is 13.1. The number of amides is 1. The average molecular weight is 507 g/mol. The maximum Gasteiger partial charge on any atom is 0.247 e. The van der Waals surface area contributed by atoms with Gasteiger partial charge in [-0.3, -0.25) is 14.3 Å². The van der Waals surface area contributed by atoms with Gasteiger partial charge in [-0.2, -0.15) is 15.1 Å². The van der Waals surface area contributed by atoms with Gasteiger partial charge in [-0.25, -0.2) is 0 Å². The first-order valence-corrected chi connectivity index (χ1v) is 11.9. The lowest BCUT2D eigenvalue weighted by Gasteiger charge is -2.24. The molecule has 1 saturated carbocycles. The molecule has 6 rings (SSSR count). The molecule has 0 radical (unpaired) electrons. The molecule has 10 heteroatoms. The molecular formula is C23H23BrN8O. The number of hydrogen-bond donors (Lipinski definition) is 3. The van der Waals surface area contributed by atoms with Crippen molar-refractivity contribution in [2.75, 3.05) is 22.1 Å². The molecule has 1 aromatic carbocycles. The standard InChI is InChI=1S/C23H23BrN8O/c24-15-7-9-16(10-8-15)25-21(33)18-3-1-11-31(18)23-27-20-4-2-12-32(20)22(28-23)26-19-13-17(29-30-19)14-5-6-14/h2,4,7-10,12-14,18H,1,3,5-6,11H2,(H,25,33)(H2,26,27,28,29,30)/t18-/m0/s1. The van der Waals surface area contributed by atoms with Crippen LogP contribution in [0.3, 0.4) is 0 Å². The quantitative estimate of drug-likeness (QED) is 0.357. The number of benzene rings is 1. The van der Waals surface area contributed by atoms with E-state index in [0.29, 0.717) is 17.8 Å². The third-order valence-electron chi connectivity index (χ3n) is 6.15. The van der Waals surface area contributed by atoms with Gasteiger partial charge in [-0.05, 0) is 62.1 Å². The minimum Gasteiger partial charge on any atom is -0.329 e. The van der Waals surface area contributed by atoms with E-state index in [0.717, 1.165) is 46.7 Å². The second kappa shape index (κ2) is 8.18. The summed E-state index contributed by atoms with van der Waals surface area (Å²) in [5.74, 6) is 2.42. The molecule has 168 valence electrons. The van der Waals surface area contributed by atoms with Crippen molar-refractivity contribution in [3.63, 3.8) is 0 Å². The van der Waals surface area contributed by atoms with Crippen LogP contribution in [-0.4, -0.2) is 43.1 Å². The van der Waals surface area contributed by atoms with Gasteiger partial charge in [-0.1, -0.05) is 15.9 Å². The summed E-state index contributed by atoms with van der Waals surface area (Å²) in [6, 6.07) is 13.2. The highest BCUT2D eigenvalue weighted by molar-refractivity contribution is 9.10. The zero-order valence-corrected chi connectivity index (χ0v) is 19.4. The van der Waals surface area contributed by atoms with E-state index >= 15 is 0 Å². The fourth-order valence-corrected chi connectivity index (χ4v) is 4.56. The number of nitrogens with one attached hydrogen (secondary N) is 3. The van der Waals surface area contributed by atoms with Crippen molar-refractivity contribution in [1.82, 2.24) is 24.6 Å². The van der Waals surface area contributed by atoms with Crippen molar-refractivity contribution in [3.8, 4) is 0 Å². The monoisotopic (exact) mass is 506 g/mol. The van der Waals surface area contributed by atoms with Gasteiger partial charge < -0.3 is 15.5 Å². The molecule has 1 atom stereocenters. The molecule has 4 aromatic rings. The Labute approximate surface area is 198 Å². The van der Waals surface area contributed by atoms with Crippen LogP contribution >= 0.6 is 15.9 Å². The number of aromatic amines is 1. The van der Waals surface area contributed by atoms with Gasteiger partial charge in [0, 0.05) is 40.6 Å². The van der Waals surface area contributed by atoms with Crippen molar-refractivity contribution in [1.29, 1.82) is 0 Å². The number of carbonyl (C=O) groups excluding carboxylic acids is 1. The summed E-state index contributed by atoms with van der Waals surface area (Å²) in [5, 5.41) is 13.9. The summed E-state index contributed by atoms with van der Waals surface area (Å²) in [7, 11) is 0. The number of rotatable bonds is 6. The minimum atomic E-state index is -0.328. The van der Waals surface area contributed by atoms with E-state index in [1.807, 2.05) is 58.0 Å². The van der Waals surface area contributed by atoms with Gasteiger partial charge in [0.05, 0.1) is 0 Å². The molecule has 4 heterocycles.